The number of aliphatic hydroxyl groups is 1. The summed E-state index contributed by atoms with van der Waals surface area (Å²) in [5, 5.41) is 12.8. The van der Waals surface area contributed by atoms with Gasteiger partial charge >= 0.3 is 5.97 Å². The second-order valence-corrected chi connectivity index (χ2v) is 10.9. The van der Waals surface area contributed by atoms with E-state index in [9.17, 15) is 23.1 Å². The number of hydrogen-bond donors (Lipinski definition) is 2. The Morgan fingerprint density at radius 1 is 1.08 bits per heavy atom. The van der Waals surface area contributed by atoms with Crippen LogP contribution in [0.5, 0.6) is 0 Å². The summed E-state index contributed by atoms with van der Waals surface area (Å²) in [4.78, 5) is 27.3. The maximum absolute atomic E-state index is 13.2. The molecule has 0 radical (unpaired) electrons. The van der Waals surface area contributed by atoms with Crippen molar-refractivity contribution in [2.45, 2.75) is 37.3 Å². The van der Waals surface area contributed by atoms with Crippen LogP contribution in [0.4, 0.5) is 11.4 Å². The van der Waals surface area contributed by atoms with Gasteiger partial charge in [0.15, 0.2) is 6.61 Å². The molecule has 11 heteroatoms. The van der Waals surface area contributed by atoms with Gasteiger partial charge in [0.2, 0.25) is 10.0 Å². The third-order valence-corrected chi connectivity index (χ3v) is 8.33. The maximum Gasteiger partial charge on any atom is 0.325 e. The number of carbonyl (C=O) groups is 2. The Labute approximate surface area is 210 Å². The van der Waals surface area contributed by atoms with Gasteiger partial charge in [-0.25, -0.2) is 8.42 Å². The van der Waals surface area contributed by atoms with Crippen LogP contribution in [0.3, 0.4) is 0 Å². The van der Waals surface area contributed by atoms with Crippen molar-refractivity contribution in [3.8, 4) is 0 Å². The van der Waals surface area contributed by atoms with Crippen molar-refractivity contribution in [3.05, 3.63) is 53.6 Å². The molecule has 0 bridgehead atoms. The standard InChI is InChI=1S/C25H31N3O7S/c1-17-3-8-22(13-18(17)2)36(32,33)28-15-21(29)14-23(28)25(31)35-16-24(30)26-19-4-6-20(7-5-19)27-9-11-34-12-10-27/h3-8,13,21,23,29H,9-12,14-16H2,1-2H3,(H,26,30)/t21-,23+/m0/s1. The van der Waals surface area contributed by atoms with Gasteiger partial charge in [-0.3, -0.25) is 9.59 Å². The number of esters is 1. The van der Waals surface area contributed by atoms with E-state index in [0.29, 0.717) is 18.9 Å². The average Bonchev–Trinajstić information content (AvgIpc) is 3.28. The third-order valence-electron chi connectivity index (χ3n) is 6.46. The van der Waals surface area contributed by atoms with Crippen molar-refractivity contribution < 1.29 is 32.6 Å². The molecule has 2 aromatic rings. The summed E-state index contributed by atoms with van der Waals surface area (Å²) >= 11 is 0. The predicted octanol–water partition coefficient (Wildman–Crippen LogP) is 1.45. The summed E-state index contributed by atoms with van der Waals surface area (Å²) in [6.07, 6.45) is -1.12. The Hall–Kier alpha value is -2.99. The van der Waals surface area contributed by atoms with E-state index in [-0.39, 0.29) is 17.9 Å². The summed E-state index contributed by atoms with van der Waals surface area (Å²) in [7, 11) is -4.05. The number of amides is 1. The lowest BCUT2D eigenvalue weighted by atomic mass is 10.1. The number of aliphatic hydroxyl groups excluding tert-OH is 1. The van der Waals surface area contributed by atoms with Gasteiger partial charge < -0.3 is 24.8 Å². The number of sulfonamides is 1. The molecule has 10 nitrogen and oxygen atoms in total. The highest BCUT2D eigenvalue weighted by Crippen LogP contribution is 2.28. The third kappa shape index (κ3) is 5.86. The summed E-state index contributed by atoms with van der Waals surface area (Å²) in [5.74, 6) is -1.43. The Morgan fingerprint density at radius 3 is 2.44 bits per heavy atom. The van der Waals surface area contributed by atoms with Gasteiger partial charge in [0.1, 0.15) is 6.04 Å². The lowest BCUT2D eigenvalue weighted by molar-refractivity contribution is -0.150. The van der Waals surface area contributed by atoms with E-state index in [2.05, 4.69) is 10.2 Å². The van der Waals surface area contributed by atoms with Crippen molar-refractivity contribution >= 4 is 33.3 Å². The Kier molecular flexibility index (Phi) is 7.94. The number of carbonyl (C=O) groups excluding carboxylic acids is 2. The van der Waals surface area contributed by atoms with Crippen LogP contribution in [0, 0.1) is 13.8 Å². The quantitative estimate of drug-likeness (QED) is 0.529. The van der Waals surface area contributed by atoms with Gasteiger partial charge in [0.25, 0.3) is 5.91 Å². The molecule has 0 aliphatic carbocycles. The Balaban J connectivity index is 1.35. The molecule has 0 saturated carbocycles. The van der Waals surface area contributed by atoms with Crippen LogP contribution < -0.4 is 10.2 Å². The molecule has 2 aromatic carbocycles. The molecule has 4 rings (SSSR count). The summed E-state index contributed by atoms with van der Waals surface area (Å²) in [5.41, 5.74) is 3.30. The van der Waals surface area contributed by atoms with Crippen molar-refractivity contribution in [2.75, 3.05) is 49.7 Å². The fourth-order valence-corrected chi connectivity index (χ4v) is 5.99. The molecule has 2 heterocycles. The SMILES string of the molecule is Cc1ccc(S(=O)(=O)N2C[C@@H](O)C[C@@H]2C(=O)OCC(=O)Nc2ccc(N3CCOCC3)cc2)cc1C. The highest BCUT2D eigenvalue weighted by molar-refractivity contribution is 7.89. The zero-order chi connectivity index (χ0) is 25.9. The highest BCUT2D eigenvalue weighted by atomic mass is 32.2. The van der Waals surface area contributed by atoms with Crippen molar-refractivity contribution in [2.24, 2.45) is 0 Å². The summed E-state index contributed by atoms with van der Waals surface area (Å²) < 4.78 is 37.8. The first-order chi connectivity index (χ1) is 17.1. The van der Waals surface area contributed by atoms with Crippen LogP contribution in [-0.4, -0.2) is 81.3 Å². The van der Waals surface area contributed by atoms with E-state index < -0.39 is 40.7 Å². The Bertz CT molecular complexity index is 1210. The number of anilines is 2. The fourth-order valence-electron chi connectivity index (χ4n) is 4.28. The molecule has 2 fully saturated rings. The number of nitrogens with one attached hydrogen (secondary N) is 1. The van der Waals surface area contributed by atoms with Crippen LogP contribution in [0.1, 0.15) is 17.5 Å². The second-order valence-electron chi connectivity index (χ2n) is 9.03. The van der Waals surface area contributed by atoms with Gasteiger partial charge in [-0.15, -0.1) is 0 Å². The fraction of sp³-hybridized carbons (Fsp3) is 0.440. The number of benzene rings is 2. The van der Waals surface area contributed by atoms with Crippen molar-refractivity contribution in [1.82, 2.24) is 4.31 Å². The average molecular weight is 518 g/mol. The first-order valence-electron chi connectivity index (χ1n) is 11.8. The molecule has 0 aromatic heterocycles. The number of morpholine rings is 1. The molecule has 1 amide bonds. The van der Waals surface area contributed by atoms with Crippen LogP contribution in [0.15, 0.2) is 47.4 Å². The number of β-amino-alcohol motifs (C(OH)–C–C–N with tert-alkyl or cyclic N) is 1. The van der Waals surface area contributed by atoms with Gasteiger partial charge in [-0.05, 0) is 61.4 Å². The zero-order valence-corrected chi connectivity index (χ0v) is 21.2. The smallest absolute Gasteiger partial charge is 0.325 e. The summed E-state index contributed by atoms with van der Waals surface area (Å²) in [6, 6.07) is 10.8. The minimum absolute atomic E-state index is 0.0377. The predicted molar refractivity (Wildman–Crippen MR) is 133 cm³/mol. The van der Waals surface area contributed by atoms with Gasteiger partial charge in [-0.1, -0.05) is 6.07 Å². The lowest BCUT2D eigenvalue weighted by Gasteiger charge is -2.28. The van der Waals surface area contributed by atoms with Crippen LogP contribution >= 0.6 is 0 Å². The first kappa shape index (κ1) is 26.1. The monoisotopic (exact) mass is 517 g/mol. The number of aryl methyl sites for hydroxylation is 2. The molecular formula is C25H31N3O7S. The van der Waals surface area contributed by atoms with Gasteiger partial charge in [-0.2, -0.15) is 4.31 Å². The van der Waals surface area contributed by atoms with E-state index in [4.69, 9.17) is 9.47 Å². The minimum Gasteiger partial charge on any atom is -0.454 e. The minimum atomic E-state index is -4.05. The molecule has 194 valence electrons. The zero-order valence-electron chi connectivity index (χ0n) is 20.3. The Morgan fingerprint density at radius 2 is 1.78 bits per heavy atom. The van der Waals surface area contributed by atoms with E-state index in [1.165, 1.54) is 12.1 Å². The molecule has 2 aliphatic heterocycles. The van der Waals surface area contributed by atoms with Crippen LogP contribution in [-0.2, 0) is 29.1 Å². The first-order valence-corrected chi connectivity index (χ1v) is 13.3. The number of hydrogen-bond acceptors (Lipinski definition) is 8. The summed E-state index contributed by atoms with van der Waals surface area (Å²) in [6.45, 7) is 5.81. The largest absolute Gasteiger partial charge is 0.454 e. The lowest BCUT2D eigenvalue weighted by Crippen LogP contribution is -2.42. The molecule has 2 N–H and O–H groups in total. The molecule has 2 saturated heterocycles. The molecule has 2 atom stereocenters. The number of rotatable bonds is 7. The highest BCUT2D eigenvalue weighted by Gasteiger charge is 2.44. The van der Waals surface area contributed by atoms with Gasteiger partial charge in [0.05, 0.1) is 24.2 Å². The topological polar surface area (TPSA) is 125 Å². The maximum atomic E-state index is 13.2. The molecule has 36 heavy (non-hydrogen) atoms. The molecule has 2 aliphatic rings. The van der Waals surface area contributed by atoms with E-state index in [1.807, 2.05) is 19.1 Å². The van der Waals surface area contributed by atoms with Crippen molar-refractivity contribution in [3.63, 3.8) is 0 Å². The van der Waals surface area contributed by atoms with Crippen LogP contribution in [0.25, 0.3) is 0 Å². The molecular weight excluding hydrogens is 486 g/mol. The van der Waals surface area contributed by atoms with Gasteiger partial charge in [0, 0.05) is 37.4 Å². The number of nitrogens with zero attached hydrogens (tertiary/aromatic N) is 2. The molecule has 0 unspecified atom stereocenters. The van der Waals surface area contributed by atoms with E-state index in [0.717, 1.165) is 34.2 Å². The van der Waals surface area contributed by atoms with E-state index >= 15 is 0 Å². The van der Waals surface area contributed by atoms with Crippen LogP contribution in [0.2, 0.25) is 0 Å². The normalized spacial score (nSPS) is 20.8. The van der Waals surface area contributed by atoms with Crippen molar-refractivity contribution in [1.29, 1.82) is 0 Å². The van der Waals surface area contributed by atoms with E-state index in [1.54, 1.807) is 25.1 Å². The second kappa shape index (κ2) is 11.0. The number of ether oxygens (including phenoxy) is 2. The molecule has 0 spiro atoms.